The minimum Gasteiger partial charge on any atom is -0.485 e. The van der Waals surface area contributed by atoms with Gasteiger partial charge in [0.25, 0.3) is 0 Å². The summed E-state index contributed by atoms with van der Waals surface area (Å²) in [6.45, 7) is 0.507. The van der Waals surface area contributed by atoms with Crippen LogP contribution in [0, 0.1) is 0 Å². The van der Waals surface area contributed by atoms with Crippen LogP contribution < -0.4 is 4.74 Å². The topological polar surface area (TPSA) is 35.0 Å². The van der Waals surface area contributed by atoms with Crippen molar-refractivity contribution in [1.82, 2.24) is 9.97 Å². The van der Waals surface area contributed by atoms with E-state index in [-0.39, 0.29) is 0 Å². The van der Waals surface area contributed by atoms with Crippen LogP contribution in [0.3, 0.4) is 0 Å². The molecule has 0 aliphatic heterocycles. The van der Waals surface area contributed by atoms with Crippen molar-refractivity contribution in [1.29, 1.82) is 0 Å². The Balaban J connectivity index is 1.93. The van der Waals surface area contributed by atoms with Crippen molar-refractivity contribution >= 4 is 27.3 Å². The number of pyridine rings is 1. The molecule has 15 heavy (non-hydrogen) atoms. The molecule has 78 valence electrons. The number of nitrogens with zero attached hydrogens (tertiary/aromatic N) is 2. The molecule has 0 aliphatic carbocycles. The van der Waals surface area contributed by atoms with Gasteiger partial charge in [0, 0.05) is 16.9 Å². The number of halogens is 1. The smallest absolute Gasteiger partial charge is 0.140 e. The van der Waals surface area contributed by atoms with Gasteiger partial charge in [-0.15, -0.1) is 11.3 Å². The normalized spacial score (nSPS) is 10.2. The Morgan fingerprint density at radius 1 is 1.33 bits per heavy atom. The molecule has 0 aromatic carbocycles. The van der Waals surface area contributed by atoms with Gasteiger partial charge in [-0.1, -0.05) is 15.9 Å². The zero-order valence-electron chi connectivity index (χ0n) is 7.89. The van der Waals surface area contributed by atoms with Gasteiger partial charge in [-0.25, -0.2) is 4.98 Å². The molecule has 0 atom stereocenters. The molecule has 0 spiro atoms. The first-order valence-electron chi connectivity index (χ1n) is 4.40. The lowest BCUT2D eigenvalue weighted by atomic mass is 10.4. The molecule has 0 saturated heterocycles. The summed E-state index contributed by atoms with van der Waals surface area (Å²) in [7, 11) is 0. The van der Waals surface area contributed by atoms with Crippen LogP contribution in [0.5, 0.6) is 5.75 Å². The van der Waals surface area contributed by atoms with E-state index in [0.29, 0.717) is 6.61 Å². The molecule has 0 aliphatic rings. The summed E-state index contributed by atoms with van der Waals surface area (Å²) in [5, 5.41) is 3.67. The highest BCUT2D eigenvalue weighted by atomic mass is 79.9. The molecule has 0 fully saturated rings. The molecule has 2 heterocycles. The molecule has 0 radical (unpaired) electrons. The maximum Gasteiger partial charge on any atom is 0.140 e. The van der Waals surface area contributed by atoms with Crippen molar-refractivity contribution in [2.24, 2.45) is 0 Å². The van der Waals surface area contributed by atoms with Crippen molar-refractivity contribution in [2.45, 2.75) is 11.9 Å². The van der Waals surface area contributed by atoms with E-state index in [0.717, 1.165) is 21.8 Å². The van der Waals surface area contributed by atoms with Crippen molar-refractivity contribution in [2.75, 3.05) is 0 Å². The Hall–Kier alpha value is -0.940. The molecular weight excluding hydrogens is 276 g/mol. The number of rotatable bonds is 4. The lowest BCUT2D eigenvalue weighted by Gasteiger charge is -2.03. The SMILES string of the molecule is BrCc1ccc(OCc2nccs2)cn1. The molecule has 0 saturated carbocycles. The Morgan fingerprint density at radius 3 is 2.87 bits per heavy atom. The average molecular weight is 285 g/mol. The van der Waals surface area contributed by atoms with Gasteiger partial charge in [-0.05, 0) is 12.1 Å². The number of ether oxygens (including phenoxy) is 1. The molecule has 0 amide bonds. The van der Waals surface area contributed by atoms with Crippen LogP contribution in [0.2, 0.25) is 0 Å². The quantitative estimate of drug-likeness (QED) is 0.810. The second-order valence-electron chi connectivity index (χ2n) is 2.83. The van der Waals surface area contributed by atoms with E-state index in [1.165, 1.54) is 0 Å². The van der Waals surface area contributed by atoms with Crippen LogP contribution in [-0.4, -0.2) is 9.97 Å². The van der Waals surface area contributed by atoms with Gasteiger partial charge in [0.2, 0.25) is 0 Å². The fourth-order valence-corrected chi connectivity index (χ4v) is 1.90. The molecule has 2 aromatic rings. The molecular formula is C10H9BrN2OS. The third-order valence-electron chi connectivity index (χ3n) is 1.78. The van der Waals surface area contributed by atoms with Crippen LogP contribution in [0.4, 0.5) is 0 Å². The summed E-state index contributed by atoms with van der Waals surface area (Å²) in [6.07, 6.45) is 3.50. The molecule has 2 aromatic heterocycles. The summed E-state index contributed by atoms with van der Waals surface area (Å²) >= 11 is 4.93. The number of alkyl halides is 1. The largest absolute Gasteiger partial charge is 0.485 e. The Kier molecular flexibility index (Phi) is 3.69. The Bertz CT molecular complexity index is 402. The molecule has 0 unspecified atom stereocenters. The van der Waals surface area contributed by atoms with Crippen molar-refractivity contribution in [3.8, 4) is 5.75 Å². The summed E-state index contributed by atoms with van der Waals surface area (Å²) in [5.74, 6) is 0.773. The number of hydrogen-bond donors (Lipinski definition) is 0. The van der Waals surface area contributed by atoms with Crippen LogP contribution in [-0.2, 0) is 11.9 Å². The first-order chi connectivity index (χ1) is 7.38. The second-order valence-corrected chi connectivity index (χ2v) is 4.37. The lowest BCUT2D eigenvalue weighted by Crippen LogP contribution is -1.95. The Labute approximate surface area is 100 Å². The van der Waals surface area contributed by atoms with Crippen LogP contribution >= 0.6 is 27.3 Å². The lowest BCUT2D eigenvalue weighted by molar-refractivity contribution is 0.304. The van der Waals surface area contributed by atoms with E-state index < -0.39 is 0 Å². The molecule has 5 heteroatoms. The maximum atomic E-state index is 5.52. The van der Waals surface area contributed by atoms with Gasteiger partial charge in [0.1, 0.15) is 17.4 Å². The summed E-state index contributed by atoms with van der Waals surface area (Å²) in [6, 6.07) is 3.85. The molecule has 3 nitrogen and oxygen atoms in total. The van der Waals surface area contributed by atoms with Gasteiger partial charge in [0.05, 0.1) is 11.9 Å². The van der Waals surface area contributed by atoms with Gasteiger partial charge in [-0.3, -0.25) is 4.98 Å². The van der Waals surface area contributed by atoms with Crippen molar-refractivity contribution in [3.63, 3.8) is 0 Å². The standard InChI is InChI=1S/C10H9BrN2OS/c11-5-8-1-2-9(6-13-8)14-7-10-12-3-4-15-10/h1-4,6H,5,7H2. The summed E-state index contributed by atoms with van der Waals surface area (Å²) in [4.78, 5) is 8.34. The fourth-order valence-electron chi connectivity index (χ4n) is 1.04. The van der Waals surface area contributed by atoms with Crippen LogP contribution in [0.1, 0.15) is 10.7 Å². The first-order valence-corrected chi connectivity index (χ1v) is 6.40. The van der Waals surface area contributed by atoms with Crippen molar-refractivity contribution < 1.29 is 4.74 Å². The highest BCUT2D eigenvalue weighted by molar-refractivity contribution is 9.08. The maximum absolute atomic E-state index is 5.52. The van der Waals surface area contributed by atoms with E-state index in [2.05, 4.69) is 25.9 Å². The van der Waals surface area contributed by atoms with E-state index in [4.69, 9.17) is 4.74 Å². The zero-order valence-corrected chi connectivity index (χ0v) is 10.3. The number of hydrogen-bond acceptors (Lipinski definition) is 4. The minimum absolute atomic E-state index is 0.507. The summed E-state index contributed by atoms with van der Waals surface area (Å²) in [5.41, 5.74) is 0.997. The average Bonchev–Trinajstić information content (AvgIpc) is 2.80. The van der Waals surface area contributed by atoms with Crippen LogP contribution in [0.25, 0.3) is 0 Å². The van der Waals surface area contributed by atoms with Gasteiger partial charge < -0.3 is 4.74 Å². The van der Waals surface area contributed by atoms with Gasteiger partial charge in [0.15, 0.2) is 0 Å². The van der Waals surface area contributed by atoms with E-state index in [1.807, 2.05) is 17.5 Å². The van der Waals surface area contributed by atoms with E-state index >= 15 is 0 Å². The second kappa shape index (κ2) is 5.23. The summed E-state index contributed by atoms with van der Waals surface area (Å²) < 4.78 is 5.52. The van der Waals surface area contributed by atoms with Crippen LogP contribution in [0.15, 0.2) is 29.9 Å². The highest BCUT2D eigenvalue weighted by Gasteiger charge is 1.98. The third kappa shape index (κ3) is 3.00. The fraction of sp³-hybridized carbons (Fsp3) is 0.200. The van der Waals surface area contributed by atoms with Gasteiger partial charge >= 0.3 is 0 Å². The number of aromatic nitrogens is 2. The zero-order chi connectivity index (χ0) is 10.5. The van der Waals surface area contributed by atoms with E-state index in [9.17, 15) is 0 Å². The van der Waals surface area contributed by atoms with Crippen molar-refractivity contribution in [3.05, 3.63) is 40.6 Å². The third-order valence-corrected chi connectivity index (χ3v) is 3.11. The predicted molar refractivity (Wildman–Crippen MR) is 63.3 cm³/mol. The Morgan fingerprint density at radius 2 is 2.27 bits per heavy atom. The predicted octanol–water partition coefficient (Wildman–Crippen LogP) is 3.01. The molecule has 0 N–H and O–H groups in total. The highest BCUT2D eigenvalue weighted by Crippen LogP contribution is 2.13. The van der Waals surface area contributed by atoms with E-state index in [1.54, 1.807) is 23.7 Å². The molecule has 0 bridgehead atoms. The number of thiazole rings is 1. The monoisotopic (exact) mass is 284 g/mol. The van der Waals surface area contributed by atoms with Gasteiger partial charge in [-0.2, -0.15) is 0 Å². The first kappa shape index (κ1) is 10.6. The minimum atomic E-state index is 0.507. The molecule has 2 rings (SSSR count).